The number of anilines is 1. The number of aromatic nitrogens is 4. The molecule has 3 heterocycles. The lowest BCUT2D eigenvalue weighted by Gasteiger charge is -2.38. The van der Waals surface area contributed by atoms with Crippen molar-refractivity contribution in [3.63, 3.8) is 0 Å². The van der Waals surface area contributed by atoms with Crippen LogP contribution in [0.2, 0.25) is 0 Å². The molecule has 19 heavy (non-hydrogen) atoms. The highest BCUT2D eigenvalue weighted by Gasteiger charge is 2.27. The molecular formula is C12H18BrN5O. The van der Waals surface area contributed by atoms with Crippen LogP contribution in [-0.2, 0) is 18.8 Å². The van der Waals surface area contributed by atoms with Gasteiger partial charge in [-0.05, 0) is 22.0 Å². The molecule has 0 spiro atoms. The van der Waals surface area contributed by atoms with E-state index in [0.717, 1.165) is 23.5 Å². The Labute approximate surface area is 121 Å². The van der Waals surface area contributed by atoms with Gasteiger partial charge in [0.25, 0.3) is 0 Å². The fourth-order valence-electron chi connectivity index (χ4n) is 1.73. The first-order valence-corrected chi connectivity index (χ1v) is 6.80. The number of hydrogen-bond acceptors (Lipinski definition) is 4. The predicted molar refractivity (Wildman–Crippen MR) is 77.1 cm³/mol. The highest BCUT2D eigenvalue weighted by atomic mass is 79.9. The van der Waals surface area contributed by atoms with Gasteiger partial charge in [-0.25, -0.2) is 0 Å². The van der Waals surface area contributed by atoms with E-state index in [9.17, 15) is 0 Å². The molecule has 1 saturated heterocycles. The van der Waals surface area contributed by atoms with E-state index in [0.29, 0.717) is 6.10 Å². The Morgan fingerprint density at radius 2 is 1.79 bits per heavy atom. The van der Waals surface area contributed by atoms with E-state index >= 15 is 0 Å². The lowest BCUT2D eigenvalue weighted by Crippen LogP contribution is -2.52. The van der Waals surface area contributed by atoms with Crippen LogP contribution in [0.4, 0.5) is 5.82 Å². The first-order chi connectivity index (χ1) is 9.08. The van der Waals surface area contributed by atoms with Gasteiger partial charge in [0.2, 0.25) is 0 Å². The zero-order valence-electron chi connectivity index (χ0n) is 11.3. The number of aryl methyl sites for hydroxylation is 2. The van der Waals surface area contributed by atoms with E-state index in [1.165, 1.54) is 0 Å². The maximum atomic E-state index is 5.17. The van der Waals surface area contributed by atoms with Gasteiger partial charge in [0.05, 0.1) is 6.10 Å². The second-order valence-electron chi connectivity index (χ2n) is 4.42. The number of ether oxygens (including phenoxy) is 1. The van der Waals surface area contributed by atoms with Crippen molar-refractivity contribution in [2.45, 2.75) is 6.10 Å². The summed E-state index contributed by atoms with van der Waals surface area (Å²) in [4.78, 5) is 2.20. The first-order valence-electron chi connectivity index (χ1n) is 6.01. The summed E-state index contributed by atoms with van der Waals surface area (Å²) in [5, 5.41) is 8.23. The minimum Gasteiger partial charge on any atom is -0.378 e. The van der Waals surface area contributed by atoms with Gasteiger partial charge in [0.1, 0.15) is 4.60 Å². The van der Waals surface area contributed by atoms with Crippen molar-refractivity contribution in [3.05, 3.63) is 29.1 Å². The number of hydrogen-bond donors (Lipinski definition) is 0. The molecule has 0 bridgehead atoms. The van der Waals surface area contributed by atoms with Gasteiger partial charge in [-0.3, -0.25) is 9.36 Å². The van der Waals surface area contributed by atoms with Crippen LogP contribution in [0, 0.1) is 0 Å². The highest BCUT2D eigenvalue weighted by Crippen LogP contribution is 2.19. The molecule has 0 saturated carbocycles. The Kier molecular flexibility index (Phi) is 4.60. The smallest absolute Gasteiger partial charge is 0.150 e. The number of nitrogens with zero attached hydrogens (tertiary/aromatic N) is 5. The van der Waals surface area contributed by atoms with Gasteiger partial charge in [0.15, 0.2) is 5.82 Å². The largest absolute Gasteiger partial charge is 0.378 e. The van der Waals surface area contributed by atoms with Crippen molar-refractivity contribution in [3.8, 4) is 0 Å². The van der Waals surface area contributed by atoms with Gasteiger partial charge in [0, 0.05) is 52.8 Å². The molecule has 6 nitrogen and oxygen atoms in total. The monoisotopic (exact) mass is 327 g/mol. The van der Waals surface area contributed by atoms with Crippen molar-refractivity contribution >= 4 is 21.7 Å². The van der Waals surface area contributed by atoms with Crippen LogP contribution in [-0.4, -0.2) is 45.9 Å². The maximum absolute atomic E-state index is 5.17. The third kappa shape index (κ3) is 3.81. The van der Waals surface area contributed by atoms with Crippen LogP contribution < -0.4 is 4.90 Å². The molecule has 2 aromatic heterocycles. The van der Waals surface area contributed by atoms with Gasteiger partial charge in [-0.15, -0.1) is 0 Å². The molecule has 0 unspecified atom stereocenters. The van der Waals surface area contributed by atoms with Crippen molar-refractivity contribution in [1.82, 2.24) is 19.6 Å². The van der Waals surface area contributed by atoms with Crippen LogP contribution in [0.3, 0.4) is 0 Å². The Hall–Kier alpha value is -1.34. The average molecular weight is 328 g/mol. The number of rotatable bonds is 2. The van der Waals surface area contributed by atoms with E-state index in [2.05, 4.69) is 31.0 Å². The summed E-state index contributed by atoms with van der Waals surface area (Å²) in [5.74, 6) is 1.05. The van der Waals surface area contributed by atoms with Gasteiger partial charge < -0.3 is 9.64 Å². The van der Waals surface area contributed by atoms with Gasteiger partial charge in [-0.1, -0.05) is 0 Å². The molecular weight excluding hydrogens is 310 g/mol. The van der Waals surface area contributed by atoms with E-state index < -0.39 is 0 Å². The van der Waals surface area contributed by atoms with Crippen LogP contribution in [0.1, 0.15) is 0 Å². The van der Waals surface area contributed by atoms with Gasteiger partial charge >= 0.3 is 0 Å². The maximum Gasteiger partial charge on any atom is 0.150 e. The van der Waals surface area contributed by atoms with Crippen molar-refractivity contribution in [2.24, 2.45) is 14.1 Å². The number of methoxy groups -OCH3 is 1. The second kappa shape index (κ2) is 6.21. The zero-order chi connectivity index (χ0) is 13.8. The minimum absolute atomic E-state index is 0.395. The summed E-state index contributed by atoms with van der Waals surface area (Å²) >= 11 is 3.20. The standard InChI is InChI=1S/C8H13N3O.C4H5BrN2/c1-10-4-3-8(9-10)11-5-7(6-11)12-2;1-7-3-2-4(5)6-7/h3-4,7H,5-6H2,1-2H3;2-3H,1H3. The van der Waals surface area contributed by atoms with E-state index in [1.807, 2.05) is 43.3 Å². The van der Waals surface area contributed by atoms with Crippen molar-refractivity contribution < 1.29 is 4.74 Å². The molecule has 0 atom stereocenters. The minimum atomic E-state index is 0.395. The van der Waals surface area contributed by atoms with E-state index in [4.69, 9.17) is 4.74 Å². The Bertz CT molecular complexity index is 501. The summed E-state index contributed by atoms with van der Waals surface area (Å²) in [5.41, 5.74) is 0. The Morgan fingerprint density at radius 1 is 1.16 bits per heavy atom. The summed E-state index contributed by atoms with van der Waals surface area (Å²) in [6.45, 7) is 1.93. The summed E-state index contributed by atoms with van der Waals surface area (Å²) < 4.78 is 9.61. The fourth-order valence-corrected chi connectivity index (χ4v) is 2.10. The number of halogens is 1. The van der Waals surface area contributed by atoms with Crippen molar-refractivity contribution in [1.29, 1.82) is 0 Å². The molecule has 0 aromatic carbocycles. The molecule has 1 aliphatic rings. The molecule has 1 fully saturated rings. The van der Waals surface area contributed by atoms with Crippen LogP contribution in [0.15, 0.2) is 29.1 Å². The average Bonchev–Trinajstić information content (AvgIpc) is 2.88. The predicted octanol–water partition coefficient (Wildman–Crippen LogP) is 1.44. The molecule has 0 radical (unpaired) electrons. The fraction of sp³-hybridized carbons (Fsp3) is 0.500. The lowest BCUT2D eigenvalue weighted by molar-refractivity contribution is 0.0782. The zero-order valence-corrected chi connectivity index (χ0v) is 12.9. The molecule has 3 rings (SSSR count). The molecule has 0 aliphatic carbocycles. The third-order valence-corrected chi connectivity index (χ3v) is 3.31. The molecule has 2 aromatic rings. The summed E-state index contributed by atoms with van der Waals surface area (Å²) in [6.07, 6.45) is 4.23. The molecule has 0 amide bonds. The topological polar surface area (TPSA) is 48.1 Å². The summed E-state index contributed by atoms with van der Waals surface area (Å²) in [7, 11) is 5.56. The SMILES string of the molecule is COC1CN(c2ccn(C)n2)C1.Cn1ccc(Br)n1. The quantitative estimate of drug-likeness (QED) is 0.837. The molecule has 0 N–H and O–H groups in total. The molecule has 1 aliphatic heterocycles. The van der Waals surface area contributed by atoms with Crippen LogP contribution >= 0.6 is 15.9 Å². The van der Waals surface area contributed by atoms with Crippen LogP contribution in [0.25, 0.3) is 0 Å². The van der Waals surface area contributed by atoms with Crippen molar-refractivity contribution in [2.75, 3.05) is 25.1 Å². The Morgan fingerprint density at radius 3 is 2.16 bits per heavy atom. The van der Waals surface area contributed by atoms with Crippen LogP contribution in [0.5, 0.6) is 0 Å². The first kappa shape index (κ1) is 14.1. The van der Waals surface area contributed by atoms with E-state index in [-0.39, 0.29) is 0 Å². The molecule has 104 valence electrons. The van der Waals surface area contributed by atoms with E-state index in [1.54, 1.807) is 11.8 Å². The normalized spacial score (nSPS) is 14.8. The second-order valence-corrected chi connectivity index (χ2v) is 5.23. The highest BCUT2D eigenvalue weighted by molar-refractivity contribution is 9.10. The third-order valence-electron chi connectivity index (χ3n) is 2.89. The van der Waals surface area contributed by atoms with Gasteiger partial charge in [-0.2, -0.15) is 10.2 Å². The Balaban J connectivity index is 0.000000163. The lowest BCUT2D eigenvalue weighted by atomic mass is 10.2. The molecule has 7 heteroatoms. The summed E-state index contributed by atoms with van der Waals surface area (Å²) in [6, 6.07) is 3.91.